The smallest absolute Gasteiger partial charge is 0.303 e. The fourth-order valence-electron chi connectivity index (χ4n) is 5.36. The Morgan fingerprint density at radius 2 is 1.96 bits per heavy atom. The average molecular weight is 360 g/mol. The zero-order valence-electron chi connectivity index (χ0n) is 15.7. The Bertz CT molecular complexity index is 593. The highest BCUT2D eigenvalue weighted by Gasteiger charge is 2.51. The molecule has 3 rings (SSSR count). The number of fused-ring (bicyclic) bond motifs is 1. The van der Waals surface area contributed by atoms with Gasteiger partial charge in [-0.3, -0.25) is 4.79 Å². The number of hydrogen-bond acceptors (Lipinski definition) is 3. The van der Waals surface area contributed by atoms with E-state index in [1.54, 1.807) is 0 Å². The van der Waals surface area contributed by atoms with E-state index < -0.39 is 18.2 Å². The van der Waals surface area contributed by atoms with Crippen molar-refractivity contribution in [2.24, 2.45) is 29.6 Å². The van der Waals surface area contributed by atoms with E-state index in [4.69, 9.17) is 5.11 Å². The predicted octanol–water partition coefficient (Wildman–Crippen LogP) is 3.38. The lowest BCUT2D eigenvalue weighted by molar-refractivity contribution is -0.136. The van der Waals surface area contributed by atoms with Gasteiger partial charge >= 0.3 is 5.97 Å². The van der Waals surface area contributed by atoms with E-state index in [0.717, 1.165) is 25.7 Å². The molecule has 0 radical (unpaired) electrons. The van der Waals surface area contributed by atoms with Crippen LogP contribution < -0.4 is 0 Å². The van der Waals surface area contributed by atoms with E-state index in [1.165, 1.54) is 24.8 Å². The third-order valence-electron chi connectivity index (χ3n) is 6.83. The highest BCUT2D eigenvalue weighted by Crippen LogP contribution is 2.55. The molecule has 0 aromatic heterocycles. The quantitative estimate of drug-likeness (QED) is 0.530. The molecule has 0 spiro atoms. The van der Waals surface area contributed by atoms with Crippen LogP contribution in [0, 0.1) is 41.4 Å². The molecular weight excluding hydrogens is 328 g/mol. The zero-order valence-corrected chi connectivity index (χ0v) is 15.7. The second kappa shape index (κ2) is 8.59. The molecule has 3 aliphatic carbocycles. The highest BCUT2D eigenvalue weighted by atomic mass is 16.4. The number of aliphatic hydroxyl groups excluding tert-OH is 2. The van der Waals surface area contributed by atoms with Crippen LogP contribution in [0.1, 0.15) is 64.7 Å². The van der Waals surface area contributed by atoms with Crippen molar-refractivity contribution >= 4 is 5.97 Å². The molecule has 6 atom stereocenters. The number of aliphatic hydroxyl groups is 2. The Balaban J connectivity index is 1.65. The first-order valence-electron chi connectivity index (χ1n) is 10.3. The molecule has 0 heterocycles. The minimum absolute atomic E-state index is 0.0707. The van der Waals surface area contributed by atoms with Gasteiger partial charge in [0.2, 0.25) is 0 Å². The van der Waals surface area contributed by atoms with Crippen LogP contribution >= 0.6 is 0 Å². The molecule has 0 aromatic rings. The second-order valence-corrected chi connectivity index (χ2v) is 8.41. The van der Waals surface area contributed by atoms with Crippen molar-refractivity contribution in [2.45, 2.75) is 76.9 Å². The Kier molecular flexibility index (Phi) is 6.42. The summed E-state index contributed by atoms with van der Waals surface area (Å²) in [6.07, 6.45) is 9.31. The molecule has 144 valence electrons. The summed E-state index contributed by atoms with van der Waals surface area (Å²) in [6.45, 7) is 2.16. The number of aliphatic carboxylic acids is 1. The van der Waals surface area contributed by atoms with Crippen molar-refractivity contribution < 1.29 is 20.1 Å². The van der Waals surface area contributed by atoms with Crippen molar-refractivity contribution in [2.75, 3.05) is 0 Å². The molecule has 4 nitrogen and oxygen atoms in total. The molecule has 3 fully saturated rings. The van der Waals surface area contributed by atoms with Gasteiger partial charge in [-0.25, -0.2) is 0 Å². The van der Waals surface area contributed by atoms with E-state index >= 15 is 0 Å². The molecule has 0 bridgehead atoms. The normalized spacial score (nSPS) is 37.2. The van der Waals surface area contributed by atoms with Gasteiger partial charge in [0.25, 0.3) is 0 Å². The van der Waals surface area contributed by atoms with Crippen molar-refractivity contribution in [3.8, 4) is 11.8 Å². The maximum absolute atomic E-state index is 10.7. The van der Waals surface area contributed by atoms with Gasteiger partial charge in [0.1, 0.15) is 6.10 Å². The number of hydrogen-bond donors (Lipinski definition) is 3. The molecule has 6 unspecified atom stereocenters. The fraction of sp³-hybridized carbons (Fsp3) is 0.773. The number of allylic oxidation sites excluding steroid dienone is 2. The average Bonchev–Trinajstić information content (AvgIpc) is 2.64. The Labute approximate surface area is 156 Å². The van der Waals surface area contributed by atoms with Gasteiger partial charge in [0.15, 0.2) is 0 Å². The van der Waals surface area contributed by atoms with Crippen molar-refractivity contribution in [1.29, 1.82) is 0 Å². The summed E-state index contributed by atoms with van der Waals surface area (Å²) < 4.78 is 0. The predicted molar refractivity (Wildman–Crippen MR) is 100 cm³/mol. The molecular formula is C22H32O4. The summed E-state index contributed by atoms with van der Waals surface area (Å²) in [7, 11) is 0. The molecule has 3 aliphatic rings. The maximum atomic E-state index is 10.7. The summed E-state index contributed by atoms with van der Waals surface area (Å²) in [5.74, 6) is 6.89. The van der Waals surface area contributed by atoms with Crippen molar-refractivity contribution in [3.63, 3.8) is 0 Å². The zero-order chi connectivity index (χ0) is 18.7. The van der Waals surface area contributed by atoms with Gasteiger partial charge in [-0.05, 0) is 55.8 Å². The van der Waals surface area contributed by atoms with Crippen LogP contribution in [-0.2, 0) is 4.79 Å². The summed E-state index contributed by atoms with van der Waals surface area (Å²) in [6, 6.07) is 0. The fourth-order valence-corrected chi connectivity index (χ4v) is 5.36. The molecule has 0 aliphatic heterocycles. The first-order chi connectivity index (χ1) is 12.5. The number of rotatable bonds is 4. The molecule has 0 amide bonds. The van der Waals surface area contributed by atoms with Gasteiger partial charge in [-0.2, -0.15) is 0 Å². The van der Waals surface area contributed by atoms with E-state index in [1.807, 2.05) is 0 Å². The molecule has 3 N–H and O–H groups in total. The minimum Gasteiger partial charge on any atom is -0.481 e. The van der Waals surface area contributed by atoms with Crippen LogP contribution in [0.4, 0.5) is 0 Å². The van der Waals surface area contributed by atoms with Crippen LogP contribution in [0.2, 0.25) is 0 Å². The SMILES string of the molecule is CC1/C(=C/CCC(=O)O)C2CCC(O)C(C#CC(O)C3CCCCC3)C12. The molecule has 26 heavy (non-hydrogen) atoms. The first-order valence-corrected chi connectivity index (χ1v) is 10.3. The van der Waals surface area contributed by atoms with Crippen LogP contribution in [0.25, 0.3) is 0 Å². The van der Waals surface area contributed by atoms with E-state index in [9.17, 15) is 15.0 Å². The number of carbonyl (C=O) groups is 1. The van der Waals surface area contributed by atoms with Gasteiger partial charge in [-0.15, -0.1) is 0 Å². The van der Waals surface area contributed by atoms with E-state index in [-0.39, 0.29) is 18.3 Å². The van der Waals surface area contributed by atoms with Crippen LogP contribution in [0.5, 0.6) is 0 Å². The second-order valence-electron chi connectivity index (χ2n) is 8.41. The number of carboxylic acid groups (broad SMARTS) is 1. The summed E-state index contributed by atoms with van der Waals surface area (Å²) >= 11 is 0. The maximum Gasteiger partial charge on any atom is 0.303 e. The topological polar surface area (TPSA) is 77.8 Å². The number of carboxylic acids is 1. The van der Waals surface area contributed by atoms with Crippen molar-refractivity contribution in [3.05, 3.63) is 11.6 Å². The Hall–Kier alpha value is -1.31. The lowest BCUT2D eigenvalue weighted by Crippen LogP contribution is -2.50. The van der Waals surface area contributed by atoms with Crippen LogP contribution in [0.15, 0.2) is 11.6 Å². The molecule has 0 aromatic carbocycles. The van der Waals surface area contributed by atoms with Gasteiger partial charge in [-0.1, -0.05) is 49.7 Å². The molecule has 0 saturated heterocycles. The van der Waals surface area contributed by atoms with E-state index in [2.05, 4.69) is 24.8 Å². The summed E-state index contributed by atoms with van der Waals surface area (Å²) in [5, 5.41) is 29.7. The Morgan fingerprint density at radius 3 is 2.65 bits per heavy atom. The van der Waals surface area contributed by atoms with Gasteiger partial charge in [0.05, 0.1) is 12.0 Å². The van der Waals surface area contributed by atoms with Crippen LogP contribution in [-0.4, -0.2) is 33.5 Å². The van der Waals surface area contributed by atoms with Crippen molar-refractivity contribution in [1.82, 2.24) is 0 Å². The molecule has 3 saturated carbocycles. The minimum atomic E-state index is -0.759. The largest absolute Gasteiger partial charge is 0.481 e. The van der Waals surface area contributed by atoms with Gasteiger partial charge in [0, 0.05) is 6.42 Å². The molecule has 4 heteroatoms. The monoisotopic (exact) mass is 360 g/mol. The van der Waals surface area contributed by atoms with Crippen LogP contribution in [0.3, 0.4) is 0 Å². The summed E-state index contributed by atoms with van der Waals surface area (Å²) in [5.41, 5.74) is 1.35. The lowest BCUT2D eigenvalue weighted by Gasteiger charge is -2.53. The van der Waals surface area contributed by atoms with Gasteiger partial charge < -0.3 is 15.3 Å². The van der Waals surface area contributed by atoms with E-state index in [0.29, 0.717) is 24.2 Å². The third kappa shape index (κ3) is 4.15. The first kappa shape index (κ1) is 19.5. The summed E-state index contributed by atoms with van der Waals surface area (Å²) in [4.78, 5) is 10.7. The highest BCUT2D eigenvalue weighted by molar-refractivity contribution is 5.66. The lowest BCUT2D eigenvalue weighted by atomic mass is 9.51. The Morgan fingerprint density at radius 1 is 1.23 bits per heavy atom. The standard InChI is InChI=1S/C22H32O4/c1-14-16(8-5-9-21(25)26)17-10-13-20(24)18(22(14)17)11-12-19(23)15-6-3-2-4-7-15/h8,14-15,17-20,22-24H,2-7,9-10,13H2,1H3,(H,25,26)/b16-8-. The third-order valence-corrected chi connectivity index (χ3v) is 6.83.